The van der Waals surface area contributed by atoms with E-state index >= 15 is 0 Å². The molecule has 0 radical (unpaired) electrons. The predicted octanol–water partition coefficient (Wildman–Crippen LogP) is 2.67. The fourth-order valence-electron chi connectivity index (χ4n) is 3.82. The first-order valence-electron chi connectivity index (χ1n) is 9.19. The van der Waals surface area contributed by atoms with Crippen LogP contribution in [0.5, 0.6) is 0 Å². The van der Waals surface area contributed by atoms with Gasteiger partial charge in [-0.15, -0.1) is 11.3 Å². The maximum absolute atomic E-state index is 12.5. The number of nitrogens with zero attached hydrogens (tertiary/aromatic N) is 3. The van der Waals surface area contributed by atoms with Gasteiger partial charge in [-0.05, 0) is 57.6 Å². The summed E-state index contributed by atoms with van der Waals surface area (Å²) in [4.78, 5) is 12.3. The monoisotopic (exact) mass is 392 g/mol. The Morgan fingerprint density at radius 3 is 2.65 bits per heavy atom. The number of piperidine rings is 1. The molecule has 0 bridgehead atoms. The molecule has 1 aliphatic carbocycles. The highest BCUT2D eigenvalue weighted by atomic mass is 32.2. The molecule has 1 saturated heterocycles. The van der Waals surface area contributed by atoms with E-state index in [4.69, 9.17) is 0 Å². The molecule has 0 saturated carbocycles. The minimum absolute atomic E-state index is 0.0173. The summed E-state index contributed by atoms with van der Waals surface area (Å²) in [6, 6.07) is 3.52. The third-order valence-electron chi connectivity index (χ3n) is 5.20. The standard InChI is InChI=1S/C18H24N4O2S2/c1-13-6-7-17(25-13)26(23,24)21-14-8-10-22(11-9-14)18-15-4-2-3-5-16(15)19-12-20-18/h6-7,12,14,21H,2-5,8-11H2,1H3. The number of rotatable bonds is 4. The molecule has 140 valence electrons. The van der Waals surface area contributed by atoms with Gasteiger partial charge in [-0.2, -0.15) is 0 Å². The first-order chi connectivity index (χ1) is 12.5. The second-order valence-electron chi connectivity index (χ2n) is 7.08. The highest BCUT2D eigenvalue weighted by Crippen LogP contribution is 2.29. The third-order valence-corrected chi connectivity index (χ3v) is 8.21. The Morgan fingerprint density at radius 1 is 1.15 bits per heavy atom. The predicted molar refractivity (Wildman–Crippen MR) is 103 cm³/mol. The minimum Gasteiger partial charge on any atom is -0.356 e. The number of hydrogen-bond acceptors (Lipinski definition) is 6. The van der Waals surface area contributed by atoms with Crippen molar-refractivity contribution in [1.29, 1.82) is 0 Å². The van der Waals surface area contributed by atoms with Crippen LogP contribution in [0.25, 0.3) is 0 Å². The maximum atomic E-state index is 12.5. The first kappa shape index (κ1) is 17.9. The van der Waals surface area contributed by atoms with Crippen molar-refractivity contribution in [3.05, 3.63) is 34.6 Å². The molecule has 3 heterocycles. The molecule has 2 aromatic heterocycles. The topological polar surface area (TPSA) is 75.2 Å². The molecule has 2 aliphatic rings. The molecule has 26 heavy (non-hydrogen) atoms. The van der Waals surface area contributed by atoms with Crippen LogP contribution in [0.1, 0.15) is 41.8 Å². The molecule has 6 nitrogen and oxygen atoms in total. The molecule has 4 rings (SSSR count). The lowest BCUT2D eigenvalue weighted by atomic mass is 9.95. The fourth-order valence-corrected chi connectivity index (χ4v) is 6.42. The van der Waals surface area contributed by atoms with Gasteiger partial charge in [0.25, 0.3) is 0 Å². The van der Waals surface area contributed by atoms with Crippen LogP contribution in [0.4, 0.5) is 5.82 Å². The van der Waals surface area contributed by atoms with Crippen LogP contribution < -0.4 is 9.62 Å². The second-order valence-corrected chi connectivity index (χ2v) is 10.3. The molecule has 8 heteroatoms. The van der Waals surface area contributed by atoms with Gasteiger partial charge in [0, 0.05) is 35.3 Å². The van der Waals surface area contributed by atoms with Crippen LogP contribution in [-0.2, 0) is 22.9 Å². The quantitative estimate of drug-likeness (QED) is 0.866. The average Bonchev–Trinajstić information content (AvgIpc) is 3.09. The van der Waals surface area contributed by atoms with E-state index in [1.807, 2.05) is 13.0 Å². The highest BCUT2D eigenvalue weighted by molar-refractivity contribution is 7.91. The molecule has 1 fully saturated rings. The first-order valence-corrected chi connectivity index (χ1v) is 11.5. The van der Waals surface area contributed by atoms with Crippen LogP contribution in [0.3, 0.4) is 0 Å². The van der Waals surface area contributed by atoms with E-state index < -0.39 is 10.0 Å². The number of thiophene rings is 1. The molecule has 0 atom stereocenters. The van der Waals surface area contributed by atoms with Gasteiger partial charge in [0.1, 0.15) is 16.4 Å². The lowest BCUT2D eigenvalue weighted by molar-refractivity contribution is 0.457. The van der Waals surface area contributed by atoms with E-state index in [0.717, 1.165) is 49.5 Å². The van der Waals surface area contributed by atoms with E-state index in [1.165, 1.54) is 35.4 Å². The molecule has 2 aromatic rings. The SMILES string of the molecule is Cc1ccc(S(=O)(=O)NC2CCN(c3ncnc4c3CCCC4)CC2)s1. The summed E-state index contributed by atoms with van der Waals surface area (Å²) in [6.45, 7) is 3.56. The molecular weight excluding hydrogens is 368 g/mol. The van der Waals surface area contributed by atoms with Gasteiger partial charge >= 0.3 is 0 Å². The van der Waals surface area contributed by atoms with Gasteiger partial charge in [0.05, 0.1) is 0 Å². The van der Waals surface area contributed by atoms with E-state index in [2.05, 4.69) is 19.6 Å². The molecule has 0 aromatic carbocycles. The molecule has 0 unspecified atom stereocenters. The number of hydrogen-bond donors (Lipinski definition) is 1. The van der Waals surface area contributed by atoms with Gasteiger partial charge in [0.15, 0.2) is 0 Å². The highest BCUT2D eigenvalue weighted by Gasteiger charge is 2.28. The number of aromatic nitrogens is 2. The van der Waals surface area contributed by atoms with Crippen molar-refractivity contribution in [2.75, 3.05) is 18.0 Å². The summed E-state index contributed by atoms with van der Waals surface area (Å²) >= 11 is 1.32. The molecule has 1 aliphatic heterocycles. The van der Waals surface area contributed by atoms with Crippen LogP contribution in [0.2, 0.25) is 0 Å². The Labute approximate surface area is 158 Å². The maximum Gasteiger partial charge on any atom is 0.250 e. The zero-order valence-electron chi connectivity index (χ0n) is 14.9. The van der Waals surface area contributed by atoms with Gasteiger partial charge in [-0.1, -0.05) is 0 Å². The summed E-state index contributed by atoms with van der Waals surface area (Å²) in [5.74, 6) is 1.06. The Bertz CT molecular complexity index is 886. The zero-order chi connectivity index (χ0) is 18.1. The van der Waals surface area contributed by atoms with Crippen molar-refractivity contribution >= 4 is 27.2 Å². The summed E-state index contributed by atoms with van der Waals surface area (Å²) in [5.41, 5.74) is 2.49. The Hall–Kier alpha value is -1.51. The Balaban J connectivity index is 1.42. The van der Waals surface area contributed by atoms with Crippen molar-refractivity contribution in [2.45, 2.75) is 55.7 Å². The summed E-state index contributed by atoms with van der Waals surface area (Å²) in [6.07, 6.45) is 7.76. The van der Waals surface area contributed by atoms with Crippen molar-refractivity contribution in [3.63, 3.8) is 0 Å². The van der Waals surface area contributed by atoms with E-state index in [-0.39, 0.29) is 6.04 Å². The lowest BCUT2D eigenvalue weighted by Crippen LogP contribution is -2.45. The lowest BCUT2D eigenvalue weighted by Gasteiger charge is -2.34. The summed E-state index contributed by atoms with van der Waals surface area (Å²) in [5, 5.41) is 0. The normalized spacial score (nSPS) is 18.7. The van der Waals surface area contributed by atoms with E-state index in [0.29, 0.717) is 4.21 Å². The minimum atomic E-state index is -3.41. The molecule has 1 N–H and O–H groups in total. The molecular formula is C18H24N4O2S2. The smallest absolute Gasteiger partial charge is 0.250 e. The van der Waals surface area contributed by atoms with Crippen LogP contribution in [0.15, 0.2) is 22.7 Å². The van der Waals surface area contributed by atoms with Crippen LogP contribution >= 0.6 is 11.3 Å². The van der Waals surface area contributed by atoms with E-state index in [1.54, 1.807) is 12.4 Å². The fraction of sp³-hybridized carbons (Fsp3) is 0.556. The van der Waals surface area contributed by atoms with Crippen molar-refractivity contribution in [3.8, 4) is 0 Å². The number of sulfonamides is 1. The molecule has 0 amide bonds. The molecule has 0 spiro atoms. The second kappa shape index (κ2) is 7.25. The number of anilines is 1. The van der Waals surface area contributed by atoms with Crippen molar-refractivity contribution < 1.29 is 8.42 Å². The van der Waals surface area contributed by atoms with Gasteiger partial charge in [-0.25, -0.2) is 23.1 Å². The number of nitrogens with one attached hydrogen (secondary N) is 1. The summed E-state index contributed by atoms with van der Waals surface area (Å²) < 4.78 is 28.3. The largest absolute Gasteiger partial charge is 0.356 e. The number of aryl methyl sites for hydroxylation is 2. The van der Waals surface area contributed by atoms with Gasteiger partial charge in [0.2, 0.25) is 10.0 Å². The van der Waals surface area contributed by atoms with E-state index in [9.17, 15) is 8.42 Å². The Morgan fingerprint density at radius 2 is 1.92 bits per heavy atom. The third kappa shape index (κ3) is 3.63. The van der Waals surface area contributed by atoms with Crippen LogP contribution in [0, 0.1) is 6.92 Å². The van der Waals surface area contributed by atoms with Crippen molar-refractivity contribution in [1.82, 2.24) is 14.7 Å². The van der Waals surface area contributed by atoms with Gasteiger partial charge < -0.3 is 4.90 Å². The Kier molecular flexibility index (Phi) is 4.98. The average molecular weight is 393 g/mol. The zero-order valence-corrected chi connectivity index (χ0v) is 16.6. The van der Waals surface area contributed by atoms with Crippen LogP contribution in [-0.4, -0.2) is 37.5 Å². The number of fused-ring (bicyclic) bond motifs is 1. The van der Waals surface area contributed by atoms with Gasteiger partial charge in [-0.3, -0.25) is 0 Å². The van der Waals surface area contributed by atoms with Crippen molar-refractivity contribution in [2.24, 2.45) is 0 Å². The summed E-state index contributed by atoms with van der Waals surface area (Å²) in [7, 11) is -3.41.